The molecule has 2 aliphatic heterocycles. The first-order valence-electron chi connectivity index (χ1n) is 8.29. The van der Waals surface area contributed by atoms with Crippen molar-refractivity contribution < 1.29 is 4.79 Å². The number of nitrogen functional groups attached to an aromatic ring is 1. The van der Waals surface area contributed by atoms with Gasteiger partial charge in [-0.05, 0) is 31.4 Å². The van der Waals surface area contributed by atoms with Crippen LogP contribution in [0.3, 0.4) is 0 Å². The van der Waals surface area contributed by atoms with E-state index in [0.29, 0.717) is 18.2 Å². The molecular formula is C17H21N5O. The summed E-state index contributed by atoms with van der Waals surface area (Å²) in [4.78, 5) is 25.4. The summed E-state index contributed by atoms with van der Waals surface area (Å²) in [6.07, 6.45) is 3.78. The Hall–Kier alpha value is -2.37. The van der Waals surface area contributed by atoms with Crippen molar-refractivity contribution in [1.29, 1.82) is 0 Å². The van der Waals surface area contributed by atoms with Gasteiger partial charge in [-0.15, -0.1) is 0 Å². The molecule has 1 amide bonds. The van der Waals surface area contributed by atoms with Crippen molar-refractivity contribution in [1.82, 2.24) is 14.9 Å². The van der Waals surface area contributed by atoms with Crippen LogP contribution >= 0.6 is 0 Å². The number of fused-ring (bicyclic) bond motifs is 1. The zero-order valence-corrected chi connectivity index (χ0v) is 13.1. The summed E-state index contributed by atoms with van der Waals surface area (Å²) in [6.45, 7) is 2.60. The third-order valence-corrected chi connectivity index (χ3v) is 4.85. The van der Waals surface area contributed by atoms with Crippen LogP contribution in [0.15, 0.2) is 24.3 Å². The van der Waals surface area contributed by atoms with Crippen LogP contribution < -0.4 is 10.6 Å². The molecule has 4 rings (SSSR count). The smallest absolute Gasteiger partial charge is 0.227 e. The number of nitrogens with two attached hydrogens (primary N) is 1. The van der Waals surface area contributed by atoms with Gasteiger partial charge in [0.2, 0.25) is 11.9 Å². The fourth-order valence-corrected chi connectivity index (χ4v) is 3.68. The Labute approximate surface area is 135 Å². The Balaban J connectivity index is 1.61. The number of carbonyl (C=O) groups excluding carboxylic acids is 1. The van der Waals surface area contributed by atoms with E-state index in [0.717, 1.165) is 49.8 Å². The molecule has 0 saturated carbocycles. The van der Waals surface area contributed by atoms with E-state index in [1.165, 1.54) is 0 Å². The Morgan fingerprint density at radius 3 is 2.83 bits per heavy atom. The maximum Gasteiger partial charge on any atom is 0.227 e. The second kappa shape index (κ2) is 5.68. The minimum absolute atomic E-state index is 0.273. The summed E-state index contributed by atoms with van der Waals surface area (Å²) in [7, 11) is 0. The van der Waals surface area contributed by atoms with Crippen LogP contribution in [-0.4, -0.2) is 46.5 Å². The first kappa shape index (κ1) is 14.2. The summed E-state index contributed by atoms with van der Waals surface area (Å²) >= 11 is 0. The summed E-state index contributed by atoms with van der Waals surface area (Å²) in [6, 6.07) is 8.08. The minimum Gasteiger partial charge on any atom is -0.383 e. The predicted octanol–water partition coefficient (Wildman–Crippen LogP) is 1.80. The van der Waals surface area contributed by atoms with Gasteiger partial charge < -0.3 is 15.5 Å². The molecule has 0 spiro atoms. The minimum atomic E-state index is 0.273. The zero-order chi connectivity index (χ0) is 15.8. The quantitative estimate of drug-likeness (QED) is 0.915. The number of rotatable bonds is 2. The Bertz CT molecular complexity index is 747. The standard InChI is InChI=1S/C17H21N5O/c18-16-13-6-1-2-7-14(13)19-17(20-16)21-9-3-5-12(11-21)22-10-4-8-15(22)23/h1-2,6-7,12H,3-5,8-11H2,(H2,18,19,20)/t12-/m1/s1. The highest BCUT2D eigenvalue weighted by Gasteiger charge is 2.32. The van der Waals surface area contributed by atoms with E-state index in [1.807, 2.05) is 29.2 Å². The lowest BCUT2D eigenvalue weighted by Crippen LogP contribution is -2.49. The van der Waals surface area contributed by atoms with Crippen molar-refractivity contribution in [2.75, 3.05) is 30.3 Å². The monoisotopic (exact) mass is 311 g/mol. The lowest BCUT2D eigenvalue weighted by atomic mass is 10.0. The van der Waals surface area contributed by atoms with E-state index in [2.05, 4.69) is 14.9 Å². The Kier molecular flexibility index (Phi) is 3.52. The number of benzene rings is 1. The van der Waals surface area contributed by atoms with Crippen LogP contribution in [0.2, 0.25) is 0 Å². The molecular weight excluding hydrogens is 290 g/mol. The summed E-state index contributed by atoms with van der Waals surface area (Å²) < 4.78 is 0. The summed E-state index contributed by atoms with van der Waals surface area (Å²) in [5, 5.41) is 0.888. The maximum atomic E-state index is 12.0. The number of hydrogen-bond acceptors (Lipinski definition) is 5. The van der Waals surface area contributed by atoms with Crippen LogP contribution in [0.1, 0.15) is 25.7 Å². The number of piperidine rings is 1. The van der Waals surface area contributed by atoms with Gasteiger partial charge in [-0.1, -0.05) is 12.1 Å². The number of likely N-dealkylation sites (tertiary alicyclic amines) is 1. The molecule has 6 heteroatoms. The fraction of sp³-hybridized carbons (Fsp3) is 0.471. The maximum absolute atomic E-state index is 12.0. The lowest BCUT2D eigenvalue weighted by molar-refractivity contribution is -0.129. The third-order valence-electron chi connectivity index (χ3n) is 4.85. The van der Waals surface area contributed by atoms with Gasteiger partial charge in [0.25, 0.3) is 0 Å². The molecule has 0 unspecified atom stereocenters. The Morgan fingerprint density at radius 2 is 2.00 bits per heavy atom. The van der Waals surface area contributed by atoms with E-state index in [4.69, 9.17) is 5.73 Å². The van der Waals surface area contributed by atoms with Crippen LogP contribution in [0, 0.1) is 0 Å². The predicted molar refractivity (Wildman–Crippen MR) is 90.1 cm³/mol. The molecule has 1 atom stereocenters. The molecule has 2 aliphatic rings. The van der Waals surface area contributed by atoms with E-state index in [-0.39, 0.29) is 11.9 Å². The van der Waals surface area contributed by atoms with Gasteiger partial charge in [0.1, 0.15) is 5.82 Å². The number of amides is 1. The number of nitrogens with zero attached hydrogens (tertiary/aromatic N) is 4. The zero-order valence-electron chi connectivity index (χ0n) is 13.1. The molecule has 0 radical (unpaired) electrons. The topological polar surface area (TPSA) is 75.3 Å². The van der Waals surface area contributed by atoms with Crippen molar-refractivity contribution in [2.45, 2.75) is 31.7 Å². The van der Waals surface area contributed by atoms with Crippen molar-refractivity contribution in [3.05, 3.63) is 24.3 Å². The first-order chi connectivity index (χ1) is 11.2. The largest absolute Gasteiger partial charge is 0.383 e. The molecule has 6 nitrogen and oxygen atoms in total. The molecule has 120 valence electrons. The molecule has 2 saturated heterocycles. The van der Waals surface area contributed by atoms with Crippen LogP contribution in [0.25, 0.3) is 10.9 Å². The third kappa shape index (κ3) is 2.58. The molecule has 3 heterocycles. The van der Waals surface area contributed by atoms with Gasteiger partial charge in [0.15, 0.2) is 0 Å². The van der Waals surface area contributed by atoms with Crippen molar-refractivity contribution in [3.63, 3.8) is 0 Å². The summed E-state index contributed by atoms with van der Waals surface area (Å²) in [5.74, 6) is 1.48. The molecule has 1 aromatic carbocycles. The van der Waals surface area contributed by atoms with Crippen LogP contribution in [0.5, 0.6) is 0 Å². The SMILES string of the molecule is Nc1nc(N2CCC[C@@H](N3CCCC3=O)C2)nc2ccccc12. The highest BCUT2D eigenvalue weighted by Crippen LogP contribution is 2.26. The number of aromatic nitrogens is 2. The Morgan fingerprint density at radius 1 is 1.13 bits per heavy atom. The normalized spacial score (nSPS) is 22.1. The van der Waals surface area contributed by atoms with Gasteiger partial charge in [0, 0.05) is 37.5 Å². The van der Waals surface area contributed by atoms with Gasteiger partial charge in [-0.3, -0.25) is 4.79 Å². The molecule has 0 bridgehead atoms. The second-order valence-corrected chi connectivity index (χ2v) is 6.36. The molecule has 2 N–H and O–H groups in total. The average Bonchev–Trinajstić information content (AvgIpc) is 3.01. The number of carbonyl (C=O) groups is 1. The number of anilines is 2. The van der Waals surface area contributed by atoms with Crippen LogP contribution in [-0.2, 0) is 4.79 Å². The second-order valence-electron chi connectivity index (χ2n) is 6.36. The van der Waals surface area contributed by atoms with Crippen molar-refractivity contribution in [3.8, 4) is 0 Å². The van der Waals surface area contributed by atoms with E-state index < -0.39 is 0 Å². The number of hydrogen-bond donors (Lipinski definition) is 1. The van der Waals surface area contributed by atoms with E-state index in [9.17, 15) is 4.79 Å². The first-order valence-corrected chi connectivity index (χ1v) is 8.29. The van der Waals surface area contributed by atoms with Gasteiger partial charge in [-0.25, -0.2) is 4.98 Å². The molecule has 1 aromatic heterocycles. The molecule has 2 fully saturated rings. The van der Waals surface area contributed by atoms with Gasteiger partial charge in [0.05, 0.1) is 5.52 Å². The average molecular weight is 311 g/mol. The van der Waals surface area contributed by atoms with Crippen LogP contribution in [0.4, 0.5) is 11.8 Å². The van der Waals surface area contributed by atoms with Gasteiger partial charge >= 0.3 is 0 Å². The summed E-state index contributed by atoms with van der Waals surface area (Å²) in [5.41, 5.74) is 6.97. The molecule has 23 heavy (non-hydrogen) atoms. The highest BCUT2D eigenvalue weighted by atomic mass is 16.2. The molecule has 0 aliphatic carbocycles. The van der Waals surface area contributed by atoms with Crippen molar-refractivity contribution in [2.24, 2.45) is 0 Å². The highest BCUT2D eigenvalue weighted by molar-refractivity contribution is 5.88. The van der Waals surface area contributed by atoms with Gasteiger partial charge in [-0.2, -0.15) is 4.98 Å². The number of para-hydroxylation sites is 1. The van der Waals surface area contributed by atoms with E-state index >= 15 is 0 Å². The fourth-order valence-electron chi connectivity index (χ4n) is 3.68. The van der Waals surface area contributed by atoms with Crippen molar-refractivity contribution >= 4 is 28.6 Å². The molecule has 2 aromatic rings. The van der Waals surface area contributed by atoms with E-state index in [1.54, 1.807) is 0 Å². The lowest BCUT2D eigenvalue weighted by Gasteiger charge is -2.37.